The van der Waals surface area contributed by atoms with Crippen LogP contribution in [0.5, 0.6) is 0 Å². The third-order valence-electron chi connectivity index (χ3n) is 6.64. The molecule has 0 aliphatic carbocycles. The smallest absolute Gasteiger partial charge is 0.270 e. The van der Waals surface area contributed by atoms with Crippen LogP contribution < -0.4 is 5.73 Å². The van der Waals surface area contributed by atoms with E-state index in [0.717, 1.165) is 38.5 Å². The highest BCUT2D eigenvalue weighted by Gasteiger charge is 2.42. The van der Waals surface area contributed by atoms with Gasteiger partial charge in [-0.25, -0.2) is 0 Å². The number of hydrogen-bond acceptors (Lipinski definition) is 5. The number of nitrogens with zero attached hydrogens (tertiary/aromatic N) is 3. The number of nitrogens with two attached hydrogens (primary N) is 1. The van der Waals surface area contributed by atoms with E-state index in [1.807, 2.05) is 6.07 Å². The molecular weight excluding hydrogens is 408 g/mol. The number of nitro benzene ring substituents is 1. The van der Waals surface area contributed by atoms with Crippen LogP contribution in [0.2, 0.25) is 0 Å². The molecule has 2 aliphatic rings. The van der Waals surface area contributed by atoms with Crippen molar-refractivity contribution in [3.8, 4) is 0 Å². The maximum Gasteiger partial charge on any atom is 0.270 e. The van der Waals surface area contributed by atoms with E-state index in [0.29, 0.717) is 30.5 Å². The first kappa shape index (κ1) is 22.0. The van der Waals surface area contributed by atoms with Crippen LogP contribution in [0.15, 0.2) is 42.5 Å². The summed E-state index contributed by atoms with van der Waals surface area (Å²) in [5, 5.41) is 11.1. The average molecular weight is 437 g/mol. The second-order valence-corrected chi connectivity index (χ2v) is 8.89. The summed E-state index contributed by atoms with van der Waals surface area (Å²) >= 11 is 0. The summed E-state index contributed by atoms with van der Waals surface area (Å²) in [5.74, 6) is -0.280. The normalized spacial score (nSPS) is 20.3. The van der Waals surface area contributed by atoms with Crippen LogP contribution in [0.25, 0.3) is 0 Å². The standard InChI is InChI=1S/C24H28N4O4/c1-16-10-20(28(31)32)11-21(23(25)29)22(16)24(30)27-14-18-12-26(13-19(18)15-27)9-5-8-17-6-3-2-4-7-17/h2-4,6-7,10-11,18-19H,5,8-9,12-15H2,1H3,(H2,25,29)/t18-,19?/m0/s1. The first-order valence-electron chi connectivity index (χ1n) is 11.0. The van der Waals surface area contributed by atoms with Gasteiger partial charge in [0.15, 0.2) is 0 Å². The van der Waals surface area contributed by atoms with Gasteiger partial charge in [0, 0.05) is 38.3 Å². The summed E-state index contributed by atoms with van der Waals surface area (Å²) in [6.07, 6.45) is 2.17. The van der Waals surface area contributed by atoms with Crippen LogP contribution in [0, 0.1) is 28.9 Å². The quantitative estimate of drug-likeness (QED) is 0.530. The minimum absolute atomic E-state index is 0.0821. The Labute approximate surface area is 187 Å². The van der Waals surface area contributed by atoms with Crippen LogP contribution in [-0.2, 0) is 6.42 Å². The molecule has 2 atom stereocenters. The average Bonchev–Trinajstić information content (AvgIpc) is 3.32. The monoisotopic (exact) mass is 436 g/mol. The minimum atomic E-state index is -0.830. The van der Waals surface area contributed by atoms with Gasteiger partial charge in [0.2, 0.25) is 5.91 Å². The molecule has 2 N–H and O–H groups in total. The van der Waals surface area contributed by atoms with Crippen molar-refractivity contribution in [1.82, 2.24) is 9.80 Å². The van der Waals surface area contributed by atoms with Crippen LogP contribution in [-0.4, -0.2) is 59.3 Å². The van der Waals surface area contributed by atoms with E-state index in [-0.39, 0.29) is 22.7 Å². The molecule has 1 unspecified atom stereocenters. The van der Waals surface area contributed by atoms with E-state index in [9.17, 15) is 19.7 Å². The molecule has 2 aromatic carbocycles. The van der Waals surface area contributed by atoms with E-state index in [1.165, 1.54) is 11.6 Å². The second kappa shape index (κ2) is 9.08. The molecule has 32 heavy (non-hydrogen) atoms. The first-order valence-corrected chi connectivity index (χ1v) is 11.0. The van der Waals surface area contributed by atoms with Gasteiger partial charge in [-0.1, -0.05) is 30.3 Å². The molecule has 0 aromatic heterocycles. The highest BCUT2D eigenvalue weighted by molar-refractivity contribution is 6.08. The highest BCUT2D eigenvalue weighted by Crippen LogP contribution is 2.33. The van der Waals surface area contributed by atoms with E-state index >= 15 is 0 Å². The summed E-state index contributed by atoms with van der Waals surface area (Å²) in [5.41, 5.74) is 7.07. The maximum absolute atomic E-state index is 13.3. The Kier molecular flexibility index (Phi) is 6.23. The molecule has 2 heterocycles. The predicted octanol–water partition coefficient (Wildman–Crippen LogP) is 2.64. The van der Waals surface area contributed by atoms with Crippen molar-refractivity contribution in [2.24, 2.45) is 17.6 Å². The van der Waals surface area contributed by atoms with Gasteiger partial charge in [0.1, 0.15) is 0 Å². The van der Waals surface area contributed by atoms with Crippen molar-refractivity contribution in [2.45, 2.75) is 19.8 Å². The first-order chi connectivity index (χ1) is 15.3. The molecule has 8 heteroatoms. The highest BCUT2D eigenvalue weighted by atomic mass is 16.6. The molecule has 2 amide bonds. The number of benzene rings is 2. The topological polar surface area (TPSA) is 110 Å². The van der Waals surface area contributed by atoms with Gasteiger partial charge in [-0.2, -0.15) is 0 Å². The van der Waals surface area contributed by atoms with E-state index in [1.54, 1.807) is 11.8 Å². The number of likely N-dealkylation sites (tertiary alicyclic amines) is 2. The van der Waals surface area contributed by atoms with Gasteiger partial charge in [0.25, 0.3) is 11.6 Å². The SMILES string of the molecule is Cc1cc([N+](=O)[O-])cc(C(N)=O)c1C(=O)N1CC2CN(CCCc3ccccc3)C[C@H]2C1. The Hall–Kier alpha value is -3.26. The molecule has 0 spiro atoms. The zero-order valence-corrected chi connectivity index (χ0v) is 18.2. The van der Waals surface area contributed by atoms with Crippen LogP contribution in [0.4, 0.5) is 5.69 Å². The number of hydrogen-bond donors (Lipinski definition) is 1. The fraction of sp³-hybridized carbons (Fsp3) is 0.417. The van der Waals surface area contributed by atoms with Crippen LogP contribution >= 0.6 is 0 Å². The van der Waals surface area contributed by atoms with Crippen molar-refractivity contribution >= 4 is 17.5 Å². The van der Waals surface area contributed by atoms with Gasteiger partial charge in [-0.15, -0.1) is 0 Å². The second-order valence-electron chi connectivity index (χ2n) is 8.89. The van der Waals surface area contributed by atoms with Gasteiger partial charge in [0.05, 0.1) is 16.1 Å². The molecule has 168 valence electrons. The third-order valence-corrected chi connectivity index (χ3v) is 6.64. The van der Waals surface area contributed by atoms with Gasteiger partial charge in [-0.05, 0) is 49.3 Å². The van der Waals surface area contributed by atoms with Gasteiger partial charge < -0.3 is 15.5 Å². The number of nitro groups is 1. The van der Waals surface area contributed by atoms with E-state index in [2.05, 4.69) is 29.2 Å². The number of carbonyl (C=O) groups excluding carboxylic acids is 2. The Morgan fingerprint density at radius 2 is 1.75 bits per heavy atom. The Bertz CT molecular complexity index is 1030. The minimum Gasteiger partial charge on any atom is -0.366 e. The summed E-state index contributed by atoms with van der Waals surface area (Å²) in [4.78, 5) is 40.0. The van der Waals surface area contributed by atoms with Crippen LogP contribution in [0.3, 0.4) is 0 Å². The van der Waals surface area contributed by atoms with E-state index in [4.69, 9.17) is 5.73 Å². The fourth-order valence-corrected chi connectivity index (χ4v) is 5.10. The zero-order valence-electron chi connectivity index (χ0n) is 18.2. The molecule has 4 rings (SSSR count). The molecule has 2 aliphatic heterocycles. The number of aryl methyl sites for hydroxylation is 2. The number of amides is 2. The maximum atomic E-state index is 13.3. The summed E-state index contributed by atoms with van der Waals surface area (Å²) in [6.45, 7) is 5.85. The fourth-order valence-electron chi connectivity index (χ4n) is 5.10. The Morgan fingerprint density at radius 1 is 1.09 bits per heavy atom. The lowest BCUT2D eigenvalue weighted by Crippen LogP contribution is -2.35. The number of fused-ring (bicyclic) bond motifs is 1. The third kappa shape index (κ3) is 4.50. The summed E-state index contributed by atoms with van der Waals surface area (Å²) in [6, 6.07) is 12.9. The zero-order chi connectivity index (χ0) is 22.8. The molecule has 2 saturated heterocycles. The Morgan fingerprint density at radius 3 is 2.34 bits per heavy atom. The number of rotatable bonds is 7. The lowest BCUT2D eigenvalue weighted by Gasteiger charge is -2.23. The molecule has 2 aromatic rings. The van der Waals surface area contributed by atoms with Gasteiger partial charge >= 0.3 is 0 Å². The van der Waals surface area contributed by atoms with E-state index < -0.39 is 10.8 Å². The van der Waals surface area contributed by atoms with Crippen molar-refractivity contribution < 1.29 is 14.5 Å². The van der Waals surface area contributed by atoms with Gasteiger partial charge in [-0.3, -0.25) is 19.7 Å². The summed E-state index contributed by atoms with van der Waals surface area (Å²) < 4.78 is 0. The van der Waals surface area contributed by atoms with Crippen molar-refractivity contribution in [3.63, 3.8) is 0 Å². The molecule has 0 saturated carbocycles. The predicted molar refractivity (Wildman–Crippen MR) is 120 cm³/mol. The summed E-state index contributed by atoms with van der Waals surface area (Å²) in [7, 11) is 0. The lowest BCUT2D eigenvalue weighted by molar-refractivity contribution is -0.384. The molecule has 0 radical (unpaired) electrons. The van der Waals surface area contributed by atoms with Crippen molar-refractivity contribution in [3.05, 3.63) is 74.8 Å². The van der Waals surface area contributed by atoms with Crippen molar-refractivity contribution in [1.29, 1.82) is 0 Å². The molecule has 8 nitrogen and oxygen atoms in total. The number of primary amides is 1. The van der Waals surface area contributed by atoms with Crippen LogP contribution in [0.1, 0.15) is 38.3 Å². The number of non-ortho nitro benzene ring substituents is 1. The van der Waals surface area contributed by atoms with Crippen molar-refractivity contribution in [2.75, 3.05) is 32.7 Å². The molecule has 2 fully saturated rings. The Balaban J connectivity index is 1.37. The lowest BCUT2D eigenvalue weighted by atomic mass is 9.99. The number of carbonyl (C=O) groups is 2. The largest absolute Gasteiger partial charge is 0.366 e. The molecule has 0 bridgehead atoms. The molecular formula is C24H28N4O4.